The average Bonchev–Trinajstić information content (AvgIpc) is 2.33. The van der Waals surface area contributed by atoms with E-state index in [1.54, 1.807) is 4.91 Å². The minimum absolute atomic E-state index is 1.21. The zero-order valence-corrected chi connectivity index (χ0v) is 7.76. The van der Waals surface area contributed by atoms with E-state index in [4.69, 9.17) is 0 Å². The number of hydrogen-bond acceptors (Lipinski definition) is 4. The largest absolute Gasteiger partial charge is 0.0835 e. The lowest BCUT2D eigenvalue weighted by molar-refractivity contribution is 1.71. The third-order valence-electron chi connectivity index (χ3n) is 1.04. The Morgan fingerprint density at radius 3 is 3.22 bits per heavy atom. The zero-order chi connectivity index (χ0) is 6.10. The summed E-state index contributed by atoms with van der Waals surface area (Å²) in [6, 6.07) is 0. The molecule has 0 spiro atoms. The van der Waals surface area contributed by atoms with Gasteiger partial charge in [0.05, 0.1) is 0 Å². The van der Waals surface area contributed by atoms with Crippen LogP contribution in [0, 0.1) is 0 Å². The molecule has 0 N–H and O–H groups in total. The van der Waals surface area contributed by atoms with Gasteiger partial charge >= 0.3 is 0 Å². The summed E-state index contributed by atoms with van der Waals surface area (Å²) in [6.45, 7) is 0. The van der Waals surface area contributed by atoms with Gasteiger partial charge in [0.2, 0.25) is 0 Å². The lowest BCUT2D eigenvalue weighted by Gasteiger charge is -2.02. The maximum Gasteiger partial charge on any atom is 0.0372 e. The first-order valence-electron chi connectivity index (χ1n) is 2.49. The summed E-state index contributed by atoms with van der Waals surface area (Å²) < 4.78 is 0. The zero-order valence-electron chi connectivity index (χ0n) is 4.49. The molecule has 2 aliphatic rings. The Balaban J connectivity index is 2.28. The highest BCUT2D eigenvalue weighted by Crippen LogP contribution is 2.52. The predicted octanol–water partition coefficient (Wildman–Crippen LogP) is 3.50. The third kappa shape index (κ3) is 1.31. The normalized spacial score (nSPS) is 24.9. The van der Waals surface area contributed by atoms with Crippen molar-refractivity contribution in [2.45, 2.75) is 0 Å². The van der Waals surface area contributed by atoms with Gasteiger partial charge in [0, 0.05) is 15.6 Å². The number of hydrogen-bond donors (Lipinski definition) is 0. The molecule has 2 rings (SSSR count). The highest BCUT2D eigenvalue weighted by Gasteiger charge is 2.16. The molecule has 0 aromatic heterocycles. The summed E-state index contributed by atoms with van der Waals surface area (Å²) >= 11 is 0. The molecule has 0 aromatic rings. The van der Waals surface area contributed by atoms with Gasteiger partial charge < -0.3 is 0 Å². The molecule has 48 valence electrons. The molecule has 0 radical (unpaired) electrons. The molecule has 0 fully saturated rings. The minimum Gasteiger partial charge on any atom is -0.0835 e. The summed E-state index contributed by atoms with van der Waals surface area (Å²) in [7, 11) is 7.56. The van der Waals surface area contributed by atoms with Crippen molar-refractivity contribution in [2.24, 2.45) is 0 Å². The van der Waals surface area contributed by atoms with Crippen molar-refractivity contribution in [2.75, 3.05) is 5.75 Å². The Bertz CT molecular complexity index is 181. The molecule has 0 atom stereocenters. The smallest absolute Gasteiger partial charge is 0.0372 e. The Morgan fingerprint density at radius 2 is 2.33 bits per heavy atom. The summed E-state index contributed by atoms with van der Waals surface area (Å²) in [6.07, 6.45) is 2.21. The van der Waals surface area contributed by atoms with E-state index >= 15 is 0 Å². The molecular weight excluding hydrogens is 188 g/mol. The van der Waals surface area contributed by atoms with Crippen LogP contribution in [0.3, 0.4) is 0 Å². The molecule has 0 saturated carbocycles. The molecule has 2 aliphatic heterocycles. The van der Waals surface area contributed by atoms with Gasteiger partial charge in [0.15, 0.2) is 0 Å². The SMILES string of the molecule is C1=CC2=C(CSS2)SS1. The van der Waals surface area contributed by atoms with E-state index in [2.05, 4.69) is 11.5 Å². The molecule has 0 nitrogen and oxygen atoms in total. The fourth-order valence-electron chi connectivity index (χ4n) is 0.625. The van der Waals surface area contributed by atoms with Crippen LogP contribution in [0.1, 0.15) is 0 Å². The Labute approximate surface area is 70.1 Å². The standard InChI is InChI=1S/C5H4S4/c1-2-6-9-5-3-7-8-4(1)5/h1-2H,3H2. The van der Waals surface area contributed by atoms with Crippen LogP contribution in [0.25, 0.3) is 0 Å². The topological polar surface area (TPSA) is 0 Å². The highest BCUT2D eigenvalue weighted by atomic mass is 33.1. The third-order valence-corrected chi connectivity index (χ3v) is 5.82. The van der Waals surface area contributed by atoms with Gasteiger partial charge in [-0.25, -0.2) is 0 Å². The molecule has 0 bridgehead atoms. The summed E-state index contributed by atoms with van der Waals surface area (Å²) in [5.41, 5.74) is 0. The second kappa shape index (κ2) is 2.86. The van der Waals surface area contributed by atoms with Crippen LogP contribution in [0.2, 0.25) is 0 Å². The lowest BCUT2D eigenvalue weighted by atomic mass is 10.5. The van der Waals surface area contributed by atoms with E-state index in [1.807, 2.05) is 43.2 Å². The highest BCUT2D eigenvalue weighted by molar-refractivity contribution is 8.82. The lowest BCUT2D eigenvalue weighted by Crippen LogP contribution is -1.77. The van der Waals surface area contributed by atoms with Crippen molar-refractivity contribution < 1.29 is 0 Å². The van der Waals surface area contributed by atoms with Crippen LogP contribution in [-0.2, 0) is 0 Å². The van der Waals surface area contributed by atoms with Gasteiger partial charge in [-0.3, -0.25) is 0 Å². The molecule has 0 aromatic carbocycles. The molecule has 2 heterocycles. The van der Waals surface area contributed by atoms with E-state index in [-0.39, 0.29) is 0 Å². The molecule has 0 unspecified atom stereocenters. The van der Waals surface area contributed by atoms with Crippen molar-refractivity contribution in [1.29, 1.82) is 0 Å². The quantitative estimate of drug-likeness (QED) is 0.538. The van der Waals surface area contributed by atoms with Crippen LogP contribution >= 0.6 is 43.2 Å². The minimum atomic E-state index is 1.21. The van der Waals surface area contributed by atoms with Crippen molar-refractivity contribution >= 4 is 43.2 Å². The van der Waals surface area contributed by atoms with Gasteiger partial charge in [-0.05, 0) is 11.5 Å². The number of allylic oxidation sites excluding steroid dienone is 1. The van der Waals surface area contributed by atoms with Crippen LogP contribution in [0.4, 0.5) is 0 Å². The fraction of sp³-hybridized carbons (Fsp3) is 0.200. The summed E-state index contributed by atoms with van der Waals surface area (Å²) in [4.78, 5) is 3.03. The predicted molar refractivity (Wildman–Crippen MR) is 51.4 cm³/mol. The van der Waals surface area contributed by atoms with Crippen molar-refractivity contribution in [1.82, 2.24) is 0 Å². The molecule has 9 heavy (non-hydrogen) atoms. The van der Waals surface area contributed by atoms with E-state index in [0.717, 1.165) is 0 Å². The maximum absolute atomic E-state index is 2.21. The first-order chi connectivity index (χ1) is 4.47. The number of rotatable bonds is 0. The second-order valence-corrected chi connectivity index (χ2v) is 6.15. The Hall–Kier alpha value is 0.880. The summed E-state index contributed by atoms with van der Waals surface area (Å²) in [5.74, 6) is 1.21. The molecular formula is C5H4S4. The van der Waals surface area contributed by atoms with Crippen molar-refractivity contribution in [3.63, 3.8) is 0 Å². The molecule has 4 heteroatoms. The first-order valence-corrected chi connectivity index (χ1v) is 7.02. The van der Waals surface area contributed by atoms with Crippen molar-refractivity contribution in [3.05, 3.63) is 21.3 Å². The average molecular weight is 192 g/mol. The first kappa shape index (κ1) is 6.58. The van der Waals surface area contributed by atoms with Crippen LogP contribution in [0.15, 0.2) is 21.3 Å². The van der Waals surface area contributed by atoms with Crippen LogP contribution in [-0.4, -0.2) is 5.75 Å². The van der Waals surface area contributed by atoms with Gasteiger partial charge in [-0.1, -0.05) is 43.2 Å². The molecule has 0 amide bonds. The maximum atomic E-state index is 2.21. The molecule has 0 aliphatic carbocycles. The van der Waals surface area contributed by atoms with E-state index in [1.165, 1.54) is 10.7 Å². The van der Waals surface area contributed by atoms with E-state index in [0.29, 0.717) is 0 Å². The fourth-order valence-corrected chi connectivity index (χ4v) is 5.98. The monoisotopic (exact) mass is 192 g/mol. The van der Waals surface area contributed by atoms with Gasteiger partial charge in [-0.15, -0.1) is 0 Å². The second-order valence-electron chi connectivity index (χ2n) is 1.62. The molecule has 0 saturated heterocycles. The van der Waals surface area contributed by atoms with Crippen LogP contribution in [0.5, 0.6) is 0 Å². The van der Waals surface area contributed by atoms with E-state index < -0.39 is 0 Å². The summed E-state index contributed by atoms with van der Waals surface area (Å²) in [5, 5.41) is 2.16. The van der Waals surface area contributed by atoms with Crippen molar-refractivity contribution in [3.8, 4) is 0 Å². The van der Waals surface area contributed by atoms with E-state index in [9.17, 15) is 0 Å². The van der Waals surface area contributed by atoms with Gasteiger partial charge in [0.25, 0.3) is 0 Å². The van der Waals surface area contributed by atoms with Gasteiger partial charge in [0.1, 0.15) is 0 Å². The van der Waals surface area contributed by atoms with Gasteiger partial charge in [-0.2, -0.15) is 0 Å². The van der Waals surface area contributed by atoms with Crippen LogP contribution < -0.4 is 0 Å². The Morgan fingerprint density at radius 1 is 1.33 bits per heavy atom. The Kier molecular flexibility index (Phi) is 2.09.